The lowest BCUT2D eigenvalue weighted by atomic mass is 10.2. The van der Waals surface area contributed by atoms with E-state index in [2.05, 4.69) is 11.1 Å². The van der Waals surface area contributed by atoms with Crippen LogP contribution in [0.2, 0.25) is 5.02 Å². The Bertz CT molecular complexity index is 593. The number of benzene rings is 1. The van der Waals surface area contributed by atoms with Crippen molar-refractivity contribution in [3.05, 3.63) is 47.2 Å². The second kappa shape index (κ2) is 5.09. The summed E-state index contributed by atoms with van der Waals surface area (Å²) < 4.78 is 0. The summed E-state index contributed by atoms with van der Waals surface area (Å²) in [5, 5.41) is 9.50. The zero-order chi connectivity index (χ0) is 12.3. The Balaban J connectivity index is 2.41. The van der Waals surface area contributed by atoms with Gasteiger partial charge >= 0.3 is 0 Å². The van der Waals surface area contributed by atoms with E-state index in [9.17, 15) is 0 Å². The van der Waals surface area contributed by atoms with E-state index in [1.54, 1.807) is 18.5 Å². The molecule has 0 bridgehead atoms. The van der Waals surface area contributed by atoms with Gasteiger partial charge in [-0.15, -0.1) is 0 Å². The fraction of sp³-hybridized carbons (Fsp3) is 0. The molecule has 0 saturated carbocycles. The number of hydrogen-bond donors (Lipinski definition) is 1. The molecule has 0 amide bonds. The molecule has 1 aromatic carbocycles. The van der Waals surface area contributed by atoms with Crippen LogP contribution in [0.1, 0.15) is 5.56 Å². The largest absolute Gasteiger partial charge is 0.397 e. The van der Waals surface area contributed by atoms with Gasteiger partial charge in [0.05, 0.1) is 22.5 Å². The molecule has 17 heavy (non-hydrogen) atoms. The number of rotatable bonds is 2. The monoisotopic (exact) mass is 261 g/mol. The average Bonchev–Trinajstić information content (AvgIpc) is 2.32. The van der Waals surface area contributed by atoms with Crippen LogP contribution in [0.15, 0.2) is 46.5 Å². The molecule has 84 valence electrons. The molecule has 1 heterocycles. The van der Waals surface area contributed by atoms with Gasteiger partial charge in [0, 0.05) is 16.0 Å². The standard InChI is InChI=1S/C12H8ClN3S/c13-9-2-1-3-11(8(9)6-14)17-12-4-5-16-7-10(12)15/h1-5,7H,15H2. The molecule has 0 unspecified atom stereocenters. The summed E-state index contributed by atoms with van der Waals surface area (Å²) in [6.07, 6.45) is 3.24. The number of hydrogen-bond acceptors (Lipinski definition) is 4. The fourth-order valence-corrected chi connectivity index (χ4v) is 2.52. The van der Waals surface area contributed by atoms with Crippen LogP contribution in [-0.4, -0.2) is 4.98 Å². The zero-order valence-corrected chi connectivity index (χ0v) is 10.3. The Labute approximate surface area is 108 Å². The van der Waals surface area contributed by atoms with Crippen LogP contribution in [0, 0.1) is 11.3 Å². The molecule has 0 spiro atoms. The predicted octanol–water partition coefficient (Wildman–Crippen LogP) is 3.34. The molecule has 0 aliphatic heterocycles. The van der Waals surface area contributed by atoms with Crippen molar-refractivity contribution in [2.45, 2.75) is 9.79 Å². The molecule has 1 aromatic heterocycles. The first kappa shape index (κ1) is 11.8. The second-order valence-corrected chi connectivity index (χ2v) is 4.73. The van der Waals surface area contributed by atoms with E-state index >= 15 is 0 Å². The Morgan fingerprint density at radius 3 is 2.82 bits per heavy atom. The first-order valence-electron chi connectivity index (χ1n) is 4.78. The van der Waals surface area contributed by atoms with Crippen LogP contribution in [0.25, 0.3) is 0 Å². The van der Waals surface area contributed by atoms with Gasteiger partial charge in [-0.2, -0.15) is 5.26 Å². The van der Waals surface area contributed by atoms with Gasteiger partial charge < -0.3 is 5.73 Å². The molecule has 5 heteroatoms. The number of nitrogen functional groups attached to an aromatic ring is 1. The Kier molecular flexibility index (Phi) is 3.52. The Morgan fingerprint density at radius 1 is 1.29 bits per heavy atom. The molecule has 0 radical (unpaired) electrons. The molecule has 0 saturated heterocycles. The van der Waals surface area contributed by atoms with Gasteiger partial charge in [-0.1, -0.05) is 29.4 Å². The van der Waals surface area contributed by atoms with Crippen molar-refractivity contribution in [3.8, 4) is 6.07 Å². The minimum absolute atomic E-state index is 0.449. The number of nitrogens with zero attached hydrogens (tertiary/aromatic N) is 2. The van der Waals surface area contributed by atoms with Crippen LogP contribution in [-0.2, 0) is 0 Å². The van der Waals surface area contributed by atoms with Crippen LogP contribution >= 0.6 is 23.4 Å². The number of aromatic nitrogens is 1. The third-order valence-electron chi connectivity index (χ3n) is 2.12. The van der Waals surface area contributed by atoms with Crippen molar-refractivity contribution in [3.63, 3.8) is 0 Å². The second-order valence-electron chi connectivity index (χ2n) is 3.24. The van der Waals surface area contributed by atoms with Crippen LogP contribution < -0.4 is 5.73 Å². The molecule has 2 N–H and O–H groups in total. The van der Waals surface area contributed by atoms with Crippen LogP contribution in [0.4, 0.5) is 5.69 Å². The van der Waals surface area contributed by atoms with E-state index in [4.69, 9.17) is 22.6 Å². The quantitative estimate of drug-likeness (QED) is 0.901. The molecule has 3 nitrogen and oxygen atoms in total. The normalized spacial score (nSPS) is 9.88. The van der Waals surface area contributed by atoms with E-state index in [0.29, 0.717) is 16.3 Å². The van der Waals surface area contributed by atoms with Crippen molar-refractivity contribution < 1.29 is 0 Å². The van der Waals surface area contributed by atoms with Gasteiger partial charge in [-0.25, -0.2) is 0 Å². The van der Waals surface area contributed by atoms with Crippen molar-refractivity contribution in [1.29, 1.82) is 5.26 Å². The van der Waals surface area contributed by atoms with Crippen LogP contribution in [0.3, 0.4) is 0 Å². The van der Waals surface area contributed by atoms with Gasteiger partial charge in [-0.3, -0.25) is 4.98 Å². The summed E-state index contributed by atoms with van der Waals surface area (Å²) in [6, 6.07) is 9.25. The lowest BCUT2D eigenvalue weighted by Gasteiger charge is -2.06. The van der Waals surface area contributed by atoms with E-state index < -0.39 is 0 Å². The minimum atomic E-state index is 0.449. The highest BCUT2D eigenvalue weighted by molar-refractivity contribution is 7.99. The van der Waals surface area contributed by atoms with Crippen molar-refractivity contribution >= 4 is 29.1 Å². The molecule has 2 rings (SSSR count). The summed E-state index contributed by atoms with van der Waals surface area (Å²) in [7, 11) is 0. The Morgan fingerprint density at radius 2 is 2.12 bits per heavy atom. The van der Waals surface area contributed by atoms with E-state index in [-0.39, 0.29) is 0 Å². The zero-order valence-electron chi connectivity index (χ0n) is 8.72. The number of anilines is 1. The molecule has 0 atom stereocenters. The maximum Gasteiger partial charge on any atom is 0.102 e. The molecule has 0 fully saturated rings. The van der Waals surface area contributed by atoms with Crippen LogP contribution in [0.5, 0.6) is 0 Å². The first-order valence-corrected chi connectivity index (χ1v) is 5.98. The highest BCUT2D eigenvalue weighted by Gasteiger charge is 2.09. The molecule has 0 aliphatic rings. The smallest absolute Gasteiger partial charge is 0.102 e. The third-order valence-corrected chi connectivity index (χ3v) is 3.58. The summed E-state index contributed by atoms with van der Waals surface area (Å²) in [5.74, 6) is 0. The van der Waals surface area contributed by atoms with Gasteiger partial charge in [0.1, 0.15) is 6.07 Å². The SMILES string of the molecule is N#Cc1c(Cl)cccc1Sc1ccncc1N. The third kappa shape index (κ3) is 2.52. The number of halogens is 1. The maximum atomic E-state index is 9.06. The van der Waals surface area contributed by atoms with Crippen molar-refractivity contribution in [1.82, 2.24) is 4.98 Å². The highest BCUT2D eigenvalue weighted by atomic mass is 35.5. The summed E-state index contributed by atoms with van der Waals surface area (Å²) in [5.41, 5.74) is 6.85. The molecule has 2 aromatic rings. The van der Waals surface area contributed by atoms with Gasteiger partial charge in [0.25, 0.3) is 0 Å². The summed E-state index contributed by atoms with van der Waals surface area (Å²) in [4.78, 5) is 5.57. The van der Waals surface area contributed by atoms with Gasteiger partial charge in [0.2, 0.25) is 0 Å². The molecule has 0 aliphatic carbocycles. The van der Waals surface area contributed by atoms with Gasteiger partial charge in [-0.05, 0) is 18.2 Å². The average molecular weight is 262 g/mol. The Hall–Kier alpha value is -1.70. The van der Waals surface area contributed by atoms with E-state index in [1.165, 1.54) is 11.8 Å². The summed E-state index contributed by atoms with van der Waals surface area (Å²) >= 11 is 7.36. The topological polar surface area (TPSA) is 62.7 Å². The predicted molar refractivity (Wildman–Crippen MR) is 68.9 cm³/mol. The number of pyridine rings is 1. The summed E-state index contributed by atoms with van der Waals surface area (Å²) in [6.45, 7) is 0. The number of nitrogens with two attached hydrogens (primary N) is 1. The maximum absolute atomic E-state index is 9.06. The lowest BCUT2D eigenvalue weighted by Crippen LogP contribution is -1.90. The molecular weight excluding hydrogens is 254 g/mol. The van der Waals surface area contributed by atoms with E-state index in [0.717, 1.165) is 9.79 Å². The lowest BCUT2D eigenvalue weighted by molar-refractivity contribution is 1.26. The highest BCUT2D eigenvalue weighted by Crippen LogP contribution is 2.35. The van der Waals surface area contributed by atoms with Gasteiger partial charge in [0.15, 0.2) is 0 Å². The van der Waals surface area contributed by atoms with Crippen molar-refractivity contribution in [2.24, 2.45) is 0 Å². The minimum Gasteiger partial charge on any atom is -0.397 e. The number of nitriles is 1. The first-order chi connectivity index (χ1) is 8.22. The fourth-order valence-electron chi connectivity index (χ4n) is 1.30. The van der Waals surface area contributed by atoms with Crippen molar-refractivity contribution in [2.75, 3.05) is 5.73 Å². The van der Waals surface area contributed by atoms with E-state index in [1.807, 2.05) is 18.2 Å². The molecular formula is C12H8ClN3S.